The van der Waals surface area contributed by atoms with Crippen LogP contribution < -0.4 is 0 Å². The molecule has 0 aliphatic carbocycles. The summed E-state index contributed by atoms with van der Waals surface area (Å²) in [6, 6.07) is 7.33. The molecule has 2 heterocycles. The number of esters is 1. The van der Waals surface area contributed by atoms with Gasteiger partial charge in [0.2, 0.25) is 0 Å². The van der Waals surface area contributed by atoms with Gasteiger partial charge < -0.3 is 4.74 Å². The number of thiophene rings is 1. The minimum Gasteiger partial charge on any atom is -0.461 e. The first-order valence-electron chi connectivity index (χ1n) is 4.98. The molecule has 0 spiro atoms. The zero-order valence-electron chi connectivity index (χ0n) is 8.84. The molecule has 2 aromatic heterocycles. The number of nitrogens with zero attached hydrogens (tertiary/aromatic N) is 1. The largest absolute Gasteiger partial charge is 0.461 e. The summed E-state index contributed by atoms with van der Waals surface area (Å²) in [6.07, 6.45) is 0. The Bertz CT molecular complexity index is 480. The summed E-state index contributed by atoms with van der Waals surface area (Å²) in [5.41, 5.74) is 2.17. The lowest BCUT2D eigenvalue weighted by Gasteiger charge is -2.02. The SMILES string of the molecule is CCOC(=O)c1cccc(-c2ccsc2)n1. The highest BCUT2D eigenvalue weighted by Crippen LogP contribution is 2.20. The molecule has 0 aliphatic rings. The molecule has 16 heavy (non-hydrogen) atoms. The van der Waals surface area contributed by atoms with Crippen LogP contribution in [-0.2, 0) is 4.74 Å². The van der Waals surface area contributed by atoms with E-state index in [0.29, 0.717) is 12.3 Å². The Morgan fingerprint density at radius 3 is 3.00 bits per heavy atom. The molecule has 2 rings (SSSR count). The summed E-state index contributed by atoms with van der Waals surface area (Å²) in [6.45, 7) is 2.14. The maximum Gasteiger partial charge on any atom is 0.356 e. The summed E-state index contributed by atoms with van der Waals surface area (Å²) >= 11 is 1.60. The van der Waals surface area contributed by atoms with E-state index < -0.39 is 0 Å². The van der Waals surface area contributed by atoms with Crippen LogP contribution in [0.1, 0.15) is 17.4 Å². The fourth-order valence-electron chi connectivity index (χ4n) is 1.32. The van der Waals surface area contributed by atoms with Crippen molar-refractivity contribution in [1.29, 1.82) is 0 Å². The van der Waals surface area contributed by atoms with E-state index in [0.717, 1.165) is 11.3 Å². The normalized spacial score (nSPS) is 10.1. The quantitative estimate of drug-likeness (QED) is 0.765. The molecule has 0 unspecified atom stereocenters. The van der Waals surface area contributed by atoms with Crippen LogP contribution in [0.15, 0.2) is 35.0 Å². The monoisotopic (exact) mass is 233 g/mol. The van der Waals surface area contributed by atoms with Crippen molar-refractivity contribution in [3.63, 3.8) is 0 Å². The number of aromatic nitrogens is 1. The minimum atomic E-state index is -0.375. The van der Waals surface area contributed by atoms with Crippen LogP contribution in [0.4, 0.5) is 0 Å². The molecule has 82 valence electrons. The van der Waals surface area contributed by atoms with Crippen molar-refractivity contribution in [2.75, 3.05) is 6.61 Å². The molecule has 0 aliphatic heterocycles. The molecule has 0 bridgehead atoms. The Balaban J connectivity index is 2.30. The number of ether oxygens (including phenoxy) is 1. The van der Waals surface area contributed by atoms with Crippen molar-refractivity contribution >= 4 is 17.3 Å². The van der Waals surface area contributed by atoms with Crippen molar-refractivity contribution in [3.8, 4) is 11.3 Å². The van der Waals surface area contributed by atoms with Gasteiger partial charge in [-0.1, -0.05) is 6.07 Å². The first kappa shape index (κ1) is 10.8. The Morgan fingerprint density at radius 2 is 2.31 bits per heavy atom. The molecule has 0 N–H and O–H groups in total. The van der Waals surface area contributed by atoms with E-state index in [9.17, 15) is 4.79 Å². The lowest BCUT2D eigenvalue weighted by atomic mass is 10.2. The van der Waals surface area contributed by atoms with E-state index in [1.165, 1.54) is 0 Å². The molecule has 0 aromatic carbocycles. The minimum absolute atomic E-state index is 0.352. The average Bonchev–Trinajstić information content (AvgIpc) is 2.83. The van der Waals surface area contributed by atoms with Crippen LogP contribution in [0.25, 0.3) is 11.3 Å². The maximum absolute atomic E-state index is 11.5. The Labute approximate surface area is 97.7 Å². The molecule has 3 nitrogen and oxygen atoms in total. The standard InChI is InChI=1S/C12H11NO2S/c1-2-15-12(14)11-5-3-4-10(13-11)9-6-7-16-8-9/h3-8H,2H2,1H3. The lowest BCUT2D eigenvalue weighted by molar-refractivity contribution is 0.0519. The third-order valence-corrected chi connectivity index (χ3v) is 2.73. The van der Waals surface area contributed by atoms with Gasteiger partial charge in [0.1, 0.15) is 5.69 Å². The summed E-state index contributed by atoms with van der Waals surface area (Å²) in [5, 5.41) is 3.98. The summed E-state index contributed by atoms with van der Waals surface area (Å²) < 4.78 is 4.90. The molecule has 2 aromatic rings. The third-order valence-electron chi connectivity index (χ3n) is 2.05. The molecular formula is C12H11NO2S. The van der Waals surface area contributed by atoms with Crippen molar-refractivity contribution in [1.82, 2.24) is 4.98 Å². The van der Waals surface area contributed by atoms with Gasteiger partial charge in [-0.25, -0.2) is 9.78 Å². The van der Waals surface area contributed by atoms with Crippen LogP contribution in [0.5, 0.6) is 0 Å². The molecular weight excluding hydrogens is 222 g/mol. The van der Waals surface area contributed by atoms with Crippen LogP contribution >= 0.6 is 11.3 Å². The molecule has 0 amide bonds. The van der Waals surface area contributed by atoms with Gasteiger partial charge in [-0.15, -0.1) is 0 Å². The van der Waals surface area contributed by atoms with E-state index >= 15 is 0 Å². The van der Waals surface area contributed by atoms with Gasteiger partial charge in [-0.2, -0.15) is 11.3 Å². The summed E-state index contributed by atoms with van der Waals surface area (Å²) in [4.78, 5) is 15.8. The van der Waals surface area contributed by atoms with Gasteiger partial charge in [0.15, 0.2) is 0 Å². The second kappa shape index (κ2) is 4.90. The van der Waals surface area contributed by atoms with Crippen LogP contribution in [0, 0.1) is 0 Å². The van der Waals surface area contributed by atoms with E-state index in [2.05, 4.69) is 4.98 Å². The van der Waals surface area contributed by atoms with Crippen molar-refractivity contribution in [2.24, 2.45) is 0 Å². The Kier molecular flexibility index (Phi) is 3.31. The average molecular weight is 233 g/mol. The van der Waals surface area contributed by atoms with Crippen molar-refractivity contribution < 1.29 is 9.53 Å². The number of hydrogen-bond donors (Lipinski definition) is 0. The number of carbonyl (C=O) groups is 1. The highest BCUT2D eigenvalue weighted by atomic mass is 32.1. The number of pyridine rings is 1. The highest BCUT2D eigenvalue weighted by molar-refractivity contribution is 7.08. The first-order valence-corrected chi connectivity index (χ1v) is 5.92. The fourth-order valence-corrected chi connectivity index (χ4v) is 1.97. The fraction of sp³-hybridized carbons (Fsp3) is 0.167. The number of rotatable bonds is 3. The van der Waals surface area contributed by atoms with E-state index in [4.69, 9.17) is 4.74 Å². The molecule has 0 fully saturated rings. The Hall–Kier alpha value is -1.68. The van der Waals surface area contributed by atoms with Crippen LogP contribution in [0.3, 0.4) is 0 Å². The molecule has 4 heteroatoms. The lowest BCUT2D eigenvalue weighted by Crippen LogP contribution is -2.07. The van der Waals surface area contributed by atoms with E-state index in [1.54, 1.807) is 24.3 Å². The Morgan fingerprint density at radius 1 is 1.44 bits per heavy atom. The van der Waals surface area contributed by atoms with E-state index in [1.807, 2.05) is 29.0 Å². The van der Waals surface area contributed by atoms with Gasteiger partial charge in [0.25, 0.3) is 0 Å². The summed E-state index contributed by atoms with van der Waals surface area (Å²) in [5.74, 6) is -0.375. The van der Waals surface area contributed by atoms with Gasteiger partial charge >= 0.3 is 5.97 Å². The molecule has 0 saturated carbocycles. The van der Waals surface area contributed by atoms with Crippen molar-refractivity contribution in [3.05, 3.63) is 40.7 Å². The second-order valence-corrected chi connectivity index (χ2v) is 3.92. The molecule has 0 radical (unpaired) electrons. The van der Waals surface area contributed by atoms with E-state index in [-0.39, 0.29) is 5.97 Å². The maximum atomic E-state index is 11.5. The van der Waals surface area contributed by atoms with Gasteiger partial charge in [0.05, 0.1) is 12.3 Å². The van der Waals surface area contributed by atoms with Gasteiger partial charge in [-0.05, 0) is 30.5 Å². The van der Waals surface area contributed by atoms with Gasteiger partial charge in [0, 0.05) is 10.9 Å². The molecule has 0 atom stereocenters. The third kappa shape index (κ3) is 2.28. The predicted octanol–water partition coefficient (Wildman–Crippen LogP) is 2.99. The second-order valence-electron chi connectivity index (χ2n) is 3.14. The topological polar surface area (TPSA) is 39.2 Å². The number of carbonyl (C=O) groups excluding carboxylic acids is 1. The van der Waals surface area contributed by atoms with Crippen LogP contribution in [-0.4, -0.2) is 17.6 Å². The predicted molar refractivity (Wildman–Crippen MR) is 63.5 cm³/mol. The summed E-state index contributed by atoms with van der Waals surface area (Å²) in [7, 11) is 0. The van der Waals surface area contributed by atoms with Crippen LogP contribution in [0.2, 0.25) is 0 Å². The van der Waals surface area contributed by atoms with Crippen molar-refractivity contribution in [2.45, 2.75) is 6.92 Å². The highest BCUT2D eigenvalue weighted by Gasteiger charge is 2.09. The smallest absolute Gasteiger partial charge is 0.356 e. The molecule has 0 saturated heterocycles. The van der Waals surface area contributed by atoms with Gasteiger partial charge in [-0.3, -0.25) is 0 Å². The number of hydrogen-bond acceptors (Lipinski definition) is 4. The zero-order valence-corrected chi connectivity index (χ0v) is 9.66. The first-order chi connectivity index (χ1) is 7.81. The zero-order chi connectivity index (χ0) is 11.4.